The molecule has 37 nitrogen and oxygen atoms in total. The van der Waals surface area contributed by atoms with Crippen molar-refractivity contribution < 1.29 is 131 Å². The van der Waals surface area contributed by atoms with E-state index in [9.17, 15) is 101 Å². The molecule has 14 fully saturated rings. The zero-order valence-corrected chi connectivity index (χ0v) is 83.9. The Bertz CT molecular complexity index is 4850. The molecular weight excluding hydrogens is 1730 g/mol. The van der Waals surface area contributed by atoms with Crippen molar-refractivity contribution in [1.82, 2.24) is 31.1 Å². The van der Waals surface area contributed by atoms with Crippen molar-refractivity contribution in [3.8, 4) is 0 Å². The summed E-state index contributed by atoms with van der Waals surface area (Å²) in [5, 5.41) is 10.9. The molecule has 4 aliphatic heterocycles. The second kappa shape index (κ2) is 44.9. The van der Waals surface area contributed by atoms with Crippen LogP contribution in [0.2, 0.25) is 34.4 Å². The largest absolute Gasteiger partial charge is 0.667 e. The van der Waals surface area contributed by atoms with Gasteiger partial charge >= 0.3 is 35.6 Å². The maximum absolute atomic E-state index is 11.6. The lowest BCUT2D eigenvalue weighted by Crippen LogP contribution is -2.34. The van der Waals surface area contributed by atoms with E-state index in [-0.39, 0.29) is 230 Å². The standard InChI is InChI=1S/2C9H15BNO2.2C8H14BN2O2.C8H11NO2.2C8H13NO2.C7H10N2O2.C7H9NO2.C7H8O3.C7H10O2.C7H12O2/c1-5-7(8(13)11-10-4)9(5,3)6(2)12;1-5-7(6(2)12)9(5,3)8(13)11-10-4;1-4-5(6(12)11-9-3)8(4,2)7(10)13;1-4-5(6(10)12)8(4,2)7(13)11-9-3;1-4-5-6(10)9(3)7(11)8(4,5)2;1-4-6(7(9)11)8(4,3)5(2)10;1-4-6(5(2)10)8(4,3)7(9)11;1-3-4-5-11-7(10)6(2)9-8;1-3-4-5(9)8-6(10)7(3,4)2;1-3-4-5(8)10-6(9)7(3,4)2;1-4-5-3-9-6(8)7(4,5)2;1-3-5-6-9-7(8)4-2/h2*5,7H,1-4H3,(H,11,13);4-5H,1-3H3,(H2,10,13)(H,11,12);4-5H,1-3H3,(H3,10,11,12,13);4-5H,1-3H3;2*4,6H,1-3H3,(H2,9,11);3-4H,5H2,1-2H3;3-4H,1-2H3,(H,8,9,10);3-4H,1-2H3;4-5H,3H2,1-2H3;3,5H,4,6H2,1-2H3/p-2/t5?,7-,9+;5?,7-,9-;3*4?,5-,8-;4?,6-,8+;4?,6-,8-;;2*3?,4-,7-;4?,5-,7+;/m1111111.110./s1/i/hD5. The monoisotopic (exact) mass is 1880 g/mol. The van der Waals surface area contributed by atoms with Crippen LogP contribution < -0.4 is 37.7 Å². The summed E-state index contributed by atoms with van der Waals surface area (Å²) in [6.07, 6.45) is 7.55. The number of ketones is 4. The molecule has 0 bridgehead atoms. The first-order valence-corrected chi connectivity index (χ1v) is 45.2. The van der Waals surface area contributed by atoms with Crippen molar-refractivity contribution in [2.45, 2.75) is 228 Å². The Morgan fingerprint density at radius 1 is 0.515 bits per heavy atom. The Labute approximate surface area is 798 Å². The fraction of sp³-hybridized carbons (Fsp3) is 0.720. The third-order valence-electron chi connectivity index (χ3n) is 32.5. The first-order valence-electron chi connectivity index (χ1n) is 47.5. The minimum atomic E-state index is -0.713. The number of hydrogen-bond donors (Lipinski definition) is 7. The number of ether oxygens (including phenoxy) is 4. The molecule has 4 heterocycles. The van der Waals surface area contributed by atoms with Crippen LogP contribution in [0, 0.1) is 173 Å². The molecule has 4 saturated heterocycles. The summed E-state index contributed by atoms with van der Waals surface area (Å²) in [6, 6.07) is 0. The summed E-state index contributed by atoms with van der Waals surface area (Å²) < 4.78 is 52.3. The smallest absolute Gasteiger partial charge is 0.416 e. The highest BCUT2D eigenvalue weighted by atomic mass is 16.6. The van der Waals surface area contributed by atoms with Gasteiger partial charge in [0.25, 0.3) is 0 Å². The SMILES string of the molecule is CC1[C@@H]2C(=O)N(C)C(=O)[C@]12C.CC1[C@@H]2C(=O)OC(=O)[C@]12C.CC1[C@@H]2COC(=O)[C@]12C.CC=CCOC(=O)C(C)=[N+]=[N-].CC=CCOC(=O)CC.C[B]NC(=O)[C@H]1C(C)[C@@]1(C)C(C)=O.C[B]NC(=O)[C@]1(C)C(C)[C@@H]1C(C)=O.[2H]N1C(=O)[C@H]2C(C)[C@@]2(C)C1=O.[2H]NC(=O)[C@]1(C)C(C)[C@@H]1C(=O)N[B]C.[2H]NC(=O)[C@]1(C)C(C)[C@@H]1C(C)=O.[2H][N-]C(=O)[C@H]1C(C)[C@@]1(C)C(=O)N[B]C.[2H][N-]C(=O)[C@H]1C(C)[C@@]1(C)C(C)=O. The second-order valence-corrected chi connectivity index (χ2v) is 39.1. The van der Waals surface area contributed by atoms with Crippen LogP contribution in [0.4, 0.5) is 0 Å². The number of piperidine rings is 2. The molecule has 10 saturated carbocycles. The molecule has 4 radical (unpaired) electrons. The number of amides is 12. The predicted octanol–water partition coefficient (Wildman–Crippen LogP) is 6.81. The topological polar surface area (TPSA) is 595 Å². The number of hydrogen-bond acceptors (Lipinski definition) is 25. The molecule has 12 amide bonds. The van der Waals surface area contributed by atoms with Gasteiger partial charge in [0.2, 0.25) is 88.7 Å². The molecular formula is C93H142B4N12O25-2. The van der Waals surface area contributed by atoms with Crippen molar-refractivity contribution >= 4 is 159 Å². The van der Waals surface area contributed by atoms with Gasteiger partial charge in [-0.25, -0.2) is 4.79 Å². The van der Waals surface area contributed by atoms with E-state index in [0.717, 1.165) is 0 Å². The molecule has 11 N–H and O–H groups in total. The third-order valence-corrected chi connectivity index (χ3v) is 32.5. The van der Waals surface area contributed by atoms with Gasteiger partial charge < -0.3 is 77.9 Å². The number of carbonyl (C=O) groups is 21. The van der Waals surface area contributed by atoms with Crippen LogP contribution in [0.1, 0.15) is 200 Å². The van der Waals surface area contributed by atoms with Crippen LogP contribution in [0.25, 0.3) is 17.0 Å². The fourth-order valence-corrected chi connectivity index (χ4v) is 19.6. The van der Waals surface area contributed by atoms with Crippen LogP contribution >= 0.6 is 0 Å². The van der Waals surface area contributed by atoms with E-state index in [2.05, 4.69) is 53.6 Å². The minimum absolute atomic E-state index is 0.000000000000000222. The zero-order chi connectivity index (χ0) is 108. The number of nitrogens with two attached hydrogens (primary N) is 2. The number of imide groups is 2. The number of likely N-dealkylation sites (tertiary alicyclic amines) is 1. The lowest BCUT2D eigenvalue weighted by atomic mass is 9.95. The molecule has 30 atom stereocenters. The van der Waals surface area contributed by atoms with Gasteiger partial charge in [-0.15, -0.1) is 2.82 Å². The van der Waals surface area contributed by atoms with Gasteiger partial charge in [-0.3, -0.25) is 96.5 Å². The van der Waals surface area contributed by atoms with Crippen LogP contribution in [0.3, 0.4) is 0 Å². The van der Waals surface area contributed by atoms with E-state index >= 15 is 0 Å². The number of cyclic esters (lactones) is 3. The summed E-state index contributed by atoms with van der Waals surface area (Å²) in [5.41, 5.74) is 12.6. The Hall–Kier alpha value is -10.6. The average molecular weight is 1880 g/mol. The summed E-state index contributed by atoms with van der Waals surface area (Å²) >= 11 is 0. The Morgan fingerprint density at radius 2 is 0.888 bits per heavy atom. The van der Waals surface area contributed by atoms with Gasteiger partial charge in [0.05, 0.1) is 91.3 Å². The van der Waals surface area contributed by atoms with Crippen molar-refractivity contribution in [3.63, 3.8) is 0 Å². The maximum Gasteiger partial charge on any atom is 0.416 e. The van der Waals surface area contributed by atoms with Crippen molar-refractivity contribution in [3.05, 3.63) is 41.3 Å². The van der Waals surface area contributed by atoms with Gasteiger partial charge in [-0.05, 0) is 156 Å². The van der Waals surface area contributed by atoms with Gasteiger partial charge in [0, 0.05) is 60.8 Å². The van der Waals surface area contributed by atoms with Crippen molar-refractivity contribution in [1.29, 1.82) is 0 Å². The van der Waals surface area contributed by atoms with E-state index in [4.69, 9.17) is 22.1 Å². The van der Waals surface area contributed by atoms with Gasteiger partial charge in [0.15, 0.2) is 4.24 Å². The highest BCUT2D eigenvalue weighted by Crippen LogP contribution is 2.67. The fourth-order valence-electron chi connectivity index (χ4n) is 19.6. The van der Waals surface area contributed by atoms with Gasteiger partial charge in [0.1, 0.15) is 36.3 Å². The average Bonchev–Trinajstić information content (AvgIpc) is 1.51. The first-order chi connectivity index (χ1) is 64.1. The highest BCUT2D eigenvalue weighted by Gasteiger charge is 2.76. The van der Waals surface area contributed by atoms with Crippen LogP contribution in [0.5, 0.6) is 0 Å². The number of allylic oxidation sites excluding steroid dienone is 2. The third kappa shape index (κ3) is 23.0. The first kappa shape index (κ1) is 109. The molecule has 134 heavy (non-hydrogen) atoms. The number of esters is 5. The van der Waals surface area contributed by atoms with Crippen LogP contribution in [0.15, 0.2) is 24.3 Å². The summed E-state index contributed by atoms with van der Waals surface area (Å²) in [4.78, 5) is 238. The number of fused-ring (bicyclic) bond motifs is 4. The lowest BCUT2D eigenvalue weighted by molar-refractivity contribution is -0.158. The normalized spacial score (nSPS) is 38.1. The molecule has 41 heteroatoms. The minimum Gasteiger partial charge on any atom is -0.667 e. The number of nitrogens with zero attached hydrogens (tertiary/aromatic N) is 3. The molecule has 10 unspecified atom stereocenters. The van der Waals surface area contributed by atoms with E-state index in [0.29, 0.717) is 36.8 Å². The summed E-state index contributed by atoms with van der Waals surface area (Å²) in [6.45, 7) is 58.3. The number of Topliss-reactive ketones (excluding diaryl/α,β-unsaturated/α-hetero) is 4. The summed E-state index contributed by atoms with van der Waals surface area (Å²) in [5.74, 6) is -3.68. The Balaban J connectivity index is 0.000000391. The van der Waals surface area contributed by atoms with Crippen LogP contribution in [-0.2, 0) is 120 Å². The lowest BCUT2D eigenvalue weighted by Gasteiger charge is -2.12. The molecule has 14 aliphatic rings. The second-order valence-electron chi connectivity index (χ2n) is 39.1. The van der Waals surface area contributed by atoms with Gasteiger partial charge in [-0.2, -0.15) is 4.79 Å². The van der Waals surface area contributed by atoms with E-state index in [1.54, 1.807) is 137 Å². The Morgan fingerprint density at radius 3 is 1.17 bits per heavy atom. The number of primary amides is 2. The van der Waals surface area contributed by atoms with Crippen molar-refractivity contribution in [2.75, 3.05) is 26.9 Å². The molecule has 0 aromatic heterocycles. The quantitative estimate of drug-likeness (QED) is 0.00673. The molecule has 10 aliphatic carbocycles. The molecule has 0 aromatic rings. The molecule has 0 aromatic carbocycles. The summed E-state index contributed by atoms with van der Waals surface area (Å²) in [7, 11) is 7.86. The van der Waals surface area contributed by atoms with E-state index in [1.807, 2.05) is 121 Å². The number of carbonyl (C=O) groups excluding carboxylic acids is 21. The maximum atomic E-state index is 11.6. The molecule has 738 valence electrons. The number of nitrogens with one attached hydrogen (secondary N) is 7. The van der Waals surface area contributed by atoms with Crippen LogP contribution in [-0.4, -0.2) is 196 Å². The van der Waals surface area contributed by atoms with Crippen molar-refractivity contribution in [2.24, 2.45) is 184 Å². The zero-order valence-electron chi connectivity index (χ0n) is 88.9. The van der Waals surface area contributed by atoms with Gasteiger partial charge in [-0.1, -0.05) is 142 Å². The Kier molecular flexibility index (Phi) is 36.4. The number of rotatable bonds is 22. The van der Waals surface area contributed by atoms with E-state index < -0.39 is 67.0 Å². The molecule has 0 spiro atoms. The predicted molar refractivity (Wildman–Crippen MR) is 496 cm³/mol. The molecule has 14 rings (SSSR count). The highest BCUT2D eigenvalue weighted by molar-refractivity contribution is 6.37. The van der Waals surface area contributed by atoms with E-state index in [1.165, 1.54) is 33.1 Å².